The van der Waals surface area contributed by atoms with Gasteiger partial charge in [0.05, 0.1) is 49.3 Å². The standard InChI is InChI=1S/C26H23N3O8/c1-34-17-11-7-10-16(12-17)27-25(30)22-23(18-13-20(35-2)21(36-3)14-19(18)29(32)33)28(37-24(22)26(27)31)15-8-5-4-6-9-15/h4-14,22-24H,1-3H3/t22-,23-,24-/m0/s1. The van der Waals surface area contributed by atoms with E-state index in [0.29, 0.717) is 17.1 Å². The lowest BCUT2D eigenvalue weighted by atomic mass is 9.89. The summed E-state index contributed by atoms with van der Waals surface area (Å²) < 4.78 is 15.9. The highest BCUT2D eigenvalue weighted by molar-refractivity contribution is 6.24. The number of carbonyl (C=O) groups is 2. The van der Waals surface area contributed by atoms with Gasteiger partial charge in [0.1, 0.15) is 17.7 Å². The summed E-state index contributed by atoms with van der Waals surface area (Å²) in [6, 6.07) is 17.0. The van der Waals surface area contributed by atoms with Crippen LogP contribution in [0, 0.1) is 16.0 Å². The zero-order chi connectivity index (χ0) is 26.3. The number of hydrogen-bond acceptors (Lipinski definition) is 9. The Bertz CT molecular complexity index is 1380. The molecule has 0 radical (unpaired) electrons. The molecule has 0 aromatic heterocycles. The number of para-hydroxylation sites is 1. The summed E-state index contributed by atoms with van der Waals surface area (Å²) in [5.41, 5.74) is 0.694. The van der Waals surface area contributed by atoms with Gasteiger partial charge in [-0.05, 0) is 30.3 Å². The topological polar surface area (TPSA) is 121 Å². The zero-order valence-corrected chi connectivity index (χ0v) is 20.2. The molecule has 2 amide bonds. The first-order valence-electron chi connectivity index (χ1n) is 11.3. The van der Waals surface area contributed by atoms with Crippen LogP contribution in [-0.4, -0.2) is 44.2 Å². The van der Waals surface area contributed by atoms with Crippen LogP contribution in [0.3, 0.4) is 0 Å². The van der Waals surface area contributed by atoms with Gasteiger partial charge in [-0.3, -0.25) is 24.5 Å². The number of imide groups is 1. The van der Waals surface area contributed by atoms with Crippen LogP contribution in [0.1, 0.15) is 11.6 Å². The smallest absolute Gasteiger partial charge is 0.278 e. The van der Waals surface area contributed by atoms with Gasteiger partial charge in [0.15, 0.2) is 17.6 Å². The third kappa shape index (κ3) is 3.89. The van der Waals surface area contributed by atoms with Crippen LogP contribution in [0.2, 0.25) is 0 Å². The Morgan fingerprint density at radius 1 is 0.838 bits per heavy atom. The molecular formula is C26H23N3O8. The van der Waals surface area contributed by atoms with E-state index in [4.69, 9.17) is 19.0 Å². The normalized spacial score (nSPS) is 20.7. The number of nitro groups is 1. The molecule has 0 saturated carbocycles. The quantitative estimate of drug-likeness (QED) is 0.269. The fraction of sp³-hybridized carbons (Fsp3) is 0.231. The lowest BCUT2D eigenvalue weighted by Gasteiger charge is -2.29. The Hall–Kier alpha value is -4.64. The van der Waals surface area contributed by atoms with E-state index in [-0.39, 0.29) is 22.7 Å². The first kappa shape index (κ1) is 24.1. The number of anilines is 2. The van der Waals surface area contributed by atoms with Crippen LogP contribution >= 0.6 is 0 Å². The van der Waals surface area contributed by atoms with E-state index in [1.807, 2.05) is 0 Å². The van der Waals surface area contributed by atoms with Gasteiger partial charge < -0.3 is 14.2 Å². The van der Waals surface area contributed by atoms with Crippen molar-refractivity contribution in [2.24, 2.45) is 5.92 Å². The molecule has 11 nitrogen and oxygen atoms in total. The number of carbonyl (C=O) groups excluding carboxylic acids is 2. The second-order valence-corrected chi connectivity index (χ2v) is 8.39. The van der Waals surface area contributed by atoms with Crippen LogP contribution < -0.4 is 24.2 Å². The molecule has 11 heteroatoms. The molecule has 2 heterocycles. The number of hydrogen-bond donors (Lipinski definition) is 0. The number of nitrogens with zero attached hydrogens (tertiary/aromatic N) is 3. The second kappa shape index (κ2) is 9.43. The molecule has 37 heavy (non-hydrogen) atoms. The van der Waals surface area contributed by atoms with Crippen molar-refractivity contribution in [1.82, 2.24) is 0 Å². The highest BCUT2D eigenvalue weighted by Gasteiger charge is 2.61. The second-order valence-electron chi connectivity index (χ2n) is 8.39. The first-order chi connectivity index (χ1) is 17.9. The number of rotatable bonds is 7. The van der Waals surface area contributed by atoms with Crippen molar-refractivity contribution in [1.29, 1.82) is 0 Å². The third-order valence-corrected chi connectivity index (χ3v) is 6.49. The van der Waals surface area contributed by atoms with E-state index in [1.54, 1.807) is 54.6 Å². The number of benzene rings is 3. The maximum Gasteiger partial charge on any atom is 0.278 e. The molecule has 3 atom stereocenters. The van der Waals surface area contributed by atoms with Gasteiger partial charge >= 0.3 is 0 Å². The van der Waals surface area contributed by atoms with Gasteiger partial charge in [-0.15, -0.1) is 0 Å². The van der Waals surface area contributed by atoms with Crippen molar-refractivity contribution in [2.75, 3.05) is 31.3 Å². The van der Waals surface area contributed by atoms with Gasteiger partial charge in [-0.25, -0.2) is 9.96 Å². The Labute approximate surface area is 211 Å². The lowest BCUT2D eigenvalue weighted by molar-refractivity contribution is -0.385. The number of nitro benzene ring substituents is 1. The molecule has 3 aromatic rings. The van der Waals surface area contributed by atoms with Gasteiger partial charge in [0.25, 0.3) is 11.6 Å². The largest absolute Gasteiger partial charge is 0.497 e. The van der Waals surface area contributed by atoms with Crippen molar-refractivity contribution in [2.45, 2.75) is 12.1 Å². The average Bonchev–Trinajstić information content (AvgIpc) is 3.43. The average molecular weight is 505 g/mol. The van der Waals surface area contributed by atoms with Crippen molar-refractivity contribution < 1.29 is 33.6 Å². The minimum Gasteiger partial charge on any atom is -0.497 e. The van der Waals surface area contributed by atoms with Gasteiger partial charge in [-0.1, -0.05) is 24.3 Å². The van der Waals surface area contributed by atoms with Gasteiger partial charge in [0.2, 0.25) is 5.91 Å². The fourth-order valence-corrected chi connectivity index (χ4v) is 4.81. The highest BCUT2D eigenvalue weighted by Crippen LogP contribution is 2.51. The number of hydroxylamine groups is 1. The Morgan fingerprint density at radius 2 is 1.51 bits per heavy atom. The molecule has 2 saturated heterocycles. The molecule has 0 N–H and O–H groups in total. The molecule has 2 aliphatic rings. The molecule has 5 rings (SSSR count). The molecule has 0 bridgehead atoms. The Morgan fingerprint density at radius 3 is 2.16 bits per heavy atom. The van der Waals surface area contributed by atoms with Crippen molar-refractivity contribution in [3.8, 4) is 17.2 Å². The van der Waals surface area contributed by atoms with Crippen LogP contribution in [0.4, 0.5) is 17.1 Å². The molecule has 2 aliphatic heterocycles. The molecule has 3 aromatic carbocycles. The summed E-state index contributed by atoms with van der Waals surface area (Å²) >= 11 is 0. The predicted molar refractivity (Wildman–Crippen MR) is 132 cm³/mol. The van der Waals surface area contributed by atoms with Gasteiger partial charge in [0, 0.05) is 6.07 Å². The molecule has 2 fully saturated rings. The Kier molecular flexibility index (Phi) is 6.14. The SMILES string of the molecule is COc1cccc(N2C(=O)[C@@H]3[C@H](ON(c4ccccc4)[C@H]3c3cc(OC)c(OC)cc3[N+](=O)[O-])C2=O)c1. The van der Waals surface area contributed by atoms with E-state index in [9.17, 15) is 19.7 Å². The fourth-order valence-electron chi connectivity index (χ4n) is 4.81. The van der Waals surface area contributed by atoms with Crippen LogP contribution in [0.25, 0.3) is 0 Å². The summed E-state index contributed by atoms with van der Waals surface area (Å²) in [6.45, 7) is 0. The summed E-state index contributed by atoms with van der Waals surface area (Å²) in [6.07, 6.45) is -1.20. The number of methoxy groups -OCH3 is 3. The van der Waals surface area contributed by atoms with E-state index in [2.05, 4.69) is 0 Å². The third-order valence-electron chi connectivity index (χ3n) is 6.49. The van der Waals surface area contributed by atoms with Crippen molar-refractivity contribution >= 4 is 28.9 Å². The van der Waals surface area contributed by atoms with Crippen LogP contribution in [0.5, 0.6) is 17.2 Å². The van der Waals surface area contributed by atoms with Crippen molar-refractivity contribution in [3.63, 3.8) is 0 Å². The van der Waals surface area contributed by atoms with Gasteiger partial charge in [-0.2, -0.15) is 0 Å². The zero-order valence-electron chi connectivity index (χ0n) is 20.2. The van der Waals surface area contributed by atoms with Crippen LogP contribution in [-0.2, 0) is 14.4 Å². The lowest BCUT2D eigenvalue weighted by Crippen LogP contribution is -2.37. The molecular weight excluding hydrogens is 482 g/mol. The highest BCUT2D eigenvalue weighted by atomic mass is 16.7. The monoisotopic (exact) mass is 505 g/mol. The summed E-state index contributed by atoms with van der Waals surface area (Å²) in [5.74, 6) is -1.33. The van der Waals surface area contributed by atoms with E-state index in [1.165, 1.54) is 38.5 Å². The molecule has 0 aliphatic carbocycles. The number of fused-ring (bicyclic) bond motifs is 1. The maximum atomic E-state index is 13.8. The number of ether oxygens (including phenoxy) is 3. The molecule has 190 valence electrons. The van der Waals surface area contributed by atoms with E-state index in [0.717, 1.165) is 4.90 Å². The summed E-state index contributed by atoms with van der Waals surface area (Å²) in [4.78, 5) is 46.1. The minimum atomic E-state index is -1.20. The first-order valence-corrected chi connectivity index (χ1v) is 11.3. The predicted octanol–water partition coefficient (Wildman–Crippen LogP) is 3.67. The summed E-state index contributed by atoms with van der Waals surface area (Å²) in [5, 5.41) is 13.5. The van der Waals surface area contributed by atoms with E-state index < -0.39 is 34.8 Å². The van der Waals surface area contributed by atoms with Crippen LogP contribution in [0.15, 0.2) is 66.7 Å². The Balaban J connectivity index is 1.68. The molecule has 0 unspecified atom stereocenters. The van der Waals surface area contributed by atoms with E-state index >= 15 is 0 Å². The maximum absolute atomic E-state index is 13.8. The number of amides is 2. The molecule has 0 spiro atoms. The minimum absolute atomic E-state index is 0.146. The summed E-state index contributed by atoms with van der Waals surface area (Å²) in [7, 11) is 4.26. The van der Waals surface area contributed by atoms with Crippen molar-refractivity contribution in [3.05, 3.63) is 82.4 Å².